The van der Waals surface area contributed by atoms with Crippen LogP contribution in [0.4, 0.5) is 5.69 Å². The quantitative estimate of drug-likeness (QED) is 0.280. The molecule has 0 heterocycles. The normalized spacial score (nSPS) is 10.9. The number of esters is 1. The second-order valence-electron chi connectivity index (χ2n) is 6.42. The van der Waals surface area contributed by atoms with Crippen molar-refractivity contribution < 1.29 is 19.1 Å². The summed E-state index contributed by atoms with van der Waals surface area (Å²) in [5, 5.41) is 14.3. The zero-order valence-corrected chi connectivity index (χ0v) is 16.6. The minimum Gasteiger partial charge on any atom is -0.490 e. The first-order valence-electron chi connectivity index (χ1n) is 9.37. The molecule has 6 heteroatoms. The van der Waals surface area contributed by atoms with Crippen LogP contribution in [0.5, 0.6) is 11.5 Å². The van der Waals surface area contributed by atoms with Gasteiger partial charge in [-0.3, -0.25) is 9.59 Å². The molecule has 0 atom stereocenters. The average Bonchev–Trinajstić information content (AvgIpc) is 2.73. The molecule has 0 spiro atoms. The largest absolute Gasteiger partial charge is 0.490 e. The lowest BCUT2D eigenvalue weighted by atomic mass is 10.1. The number of nitrogens with one attached hydrogen (secondary N) is 1. The first-order valence-corrected chi connectivity index (χ1v) is 9.37. The van der Waals surface area contributed by atoms with Crippen molar-refractivity contribution in [2.24, 2.45) is 0 Å². The van der Waals surface area contributed by atoms with Crippen molar-refractivity contribution in [1.29, 1.82) is 5.26 Å². The molecule has 1 N–H and O–H groups in total. The monoisotopic (exact) mass is 400 g/mol. The van der Waals surface area contributed by atoms with Crippen LogP contribution >= 0.6 is 0 Å². The Hall–Kier alpha value is -4.11. The summed E-state index contributed by atoms with van der Waals surface area (Å²) in [6.45, 7) is 3.47. The lowest BCUT2D eigenvalue weighted by Crippen LogP contribution is -2.13. The summed E-state index contributed by atoms with van der Waals surface area (Å²) in [5.41, 5.74) is 1.10. The molecule has 3 rings (SSSR count). The minimum absolute atomic E-state index is 0.0640. The smallest absolute Gasteiger partial charge is 0.308 e. The highest BCUT2D eigenvalue weighted by Gasteiger charge is 2.12. The van der Waals surface area contributed by atoms with Crippen molar-refractivity contribution in [2.75, 3.05) is 11.9 Å². The fourth-order valence-corrected chi connectivity index (χ4v) is 2.90. The molecule has 0 fully saturated rings. The Labute approximate surface area is 174 Å². The number of nitrogens with zero attached hydrogens (tertiary/aromatic N) is 1. The second-order valence-corrected chi connectivity index (χ2v) is 6.42. The highest BCUT2D eigenvalue weighted by atomic mass is 16.6. The number of benzene rings is 3. The van der Waals surface area contributed by atoms with Gasteiger partial charge in [0.15, 0.2) is 11.5 Å². The summed E-state index contributed by atoms with van der Waals surface area (Å²) in [6.07, 6.45) is 1.45. The van der Waals surface area contributed by atoms with Crippen LogP contribution in [0.3, 0.4) is 0 Å². The summed E-state index contributed by atoms with van der Waals surface area (Å²) in [7, 11) is 0. The predicted octanol–water partition coefficient (Wildman–Crippen LogP) is 4.71. The highest BCUT2D eigenvalue weighted by Crippen LogP contribution is 2.29. The van der Waals surface area contributed by atoms with Gasteiger partial charge in [0.1, 0.15) is 11.6 Å². The molecule has 0 saturated heterocycles. The Bertz CT molecular complexity index is 1180. The fraction of sp³-hybridized carbons (Fsp3) is 0.125. The molecule has 0 unspecified atom stereocenters. The summed E-state index contributed by atoms with van der Waals surface area (Å²) < 4.78 is 10.6. The molecule has 30 heavy (non-hydrogen) atoms. The number of ether oxygens (including phenoxy) is 2. The molecule has 3 aromatic rings. The van der Waals surface area contributed by atoms with Crippen molar-refractivity contribution in [3.63, 3.8) is 0 Å². The van der Waals surface area contributed by atoms with Gasteiger partial charge in [-0.05, 0) is 53.6 Å². The van der Waals surface area contributed by atoms with Gasteiger partial charge in [-0.1, -0.05) is 36.4 Å². The van der Waals surface area contributed by atoms with Gasteiger partial charge in [-0.2, -0.15) is 5.26 Å². The molecule has 0 aromatic heterocycles. The zero-order chi connectivity index (χ0) is 21.5. The number of hydrogen-bond acceptors (Lipinski definition) is 5. The molecular formula is C24H20N2O4. The van der Waals surface area contributed by atoms with E-state index in [1.807, 2.05) is 42.5 Å². The Balaban J connectivity index is 1.84. The van der Waals surface area contributed by atoms with Gasteiger partial charge in [0, 0.05) is 12.6 Å². The molecule has 0 aliphatic rings. The topological polar surface area (TPSA) is 88.4 Å². The number of nitriles is 1. The van der Waals surface area contributed by atoms with Crippen LogP contribution in [-0.2, 0) is 9.59 Å². The first-order chi connectivity index (χ1) is 14.5. The molecule has 0 radical (unpaired) electrons. The number of carbonyl (C=O) groups excluding carboxylic acids is 2. The molecule has 3 aromatic carbocycles. The number of carbonyl (C=O) groups is 2. The maximum Gasteiger partial charge on any atom is 0.308 e. The van der Waals surface area contributed by atoms with Crippen LogP contribution in [0.1, 0.15) is 19.4 Å². The highest BCUT2D eigenvalue weighted by molar-refractivity contribution is 6.10. The third-order valence-electron chi connectivity index (χ3n) is 4.20. The van der Waals surface area contributed by atoms with Gasteiger partial charge in [0.2, 0.25) is 0 Å². The Morgan fingerprint density at radius 2 is 1.80 bits per heavy atom. The van der Waals surface area contributed by atoms with E-state index in [1.165, 1.54) is 13.0 Å². The van der Waals surface area contributed by atoms with Crippen LogP contribution in [0.2, 0.25) is 0 Å². The number of fused-ring (bicyclic) bond motifs is 1. The molecule has 0 bridgehead atoms. The molecule has 0 aliphatic carbocycles. The van der Waals surface area contributed by atoms with Crippen LogP contribution < -0.4 is 14.8 Å². The van der Waals surface area contributed by atoms with E-state index >= 15 is 0 Å². The standard InChI is InChI=1S/C24H20N2O4/c1-3-29-23-13-17(8-11-22(23)30-16(2)27)12-20(15-25)24(28)26-21-10-9-18-6-4-5-7-19(18)14-21/h4-14H,3H2,1-2H3,(H,26,28)/b20-12+. The number of rotatable bonds is 6. The van der Waals surface area contributed by atoms with Gasteiger partial charge in [-0.25, -0.2) is 0 Å². The van der Waals surface area contributed by atoms with E-state index < -0.39 is 11.9 Å². The van der Waals surface area contributed by atoms with E-state index in [0.29, 0.717) is 23.6 Å². The van der Waals surface area contributed by atoms with E-state index in [2.05, 4.69) is 5.32 Å². The average molecular weight is 400 g/mol. The summed E-state index contributed by atoms with van der Waals surface area (Å²) in [6, 6.07) is 20.1. The lowest BCUT2D eigenvalue weighted by Gasteiger charge is -2.10. The minimum atomic E-state index is -0.519. The van der Waals surface area contributed by atoms with Crippen LogP contribution in [0, 0.1) is 11.3 Å². The zero-order valence-electron chi connectivity index (χ0n) is 16.6. The molecule has 150 valence electrons. The number of hydrogen-bond donors (Lipinski definition) is 1. The summed E-state index contributed by atoms with van der Waals surface area (Å²) in [5.74, 6) is -0.351. The van der Waals surface area contributed by atoms with Gasteiger partial charge in [0.05, 0.1) is 6.61 Å². The molecule has 6 nitrogen and oxygen atoms in total. The third-order valence-corrected chi connectivity index (χ3v) is 4.20. The number of amides is 1. The van der Waals surface area contributed by atoms with Crippen LogP contribution in [-0.4, -0.2) is 18.5 Å². The Morgan fingerprint density at radius 3 is 2.50 bits per heavy atom. The van der Waals surface area contributed by atoms with Crippen molar-refractivity contribution in [1.82, 2.24) is 0 Å². The van der Waals surface area contributed by atoms with Crippen molar-refractivity contribution in [3.05, 3.63) is 71.8 Å². The third kappa shape index (κ3) is 5.03. The SMILES string of the molecule is CCOc1cc(/C=C(\C#N)C(=O)Nc2ccc3ccccc3c2)ccc1OC(C)=O. The van der Waals surface area contributed by atoms with E-state index in [4.69, 9.17) is 9.47 Å². The number of anilines is 1. The summed E-state index contributed by atoms with van der Waals surface area (Å²) >= 11 is 0. The van der Waals surface area contributed by atoms with E-state index in [-0.39, 0.29) is 11.3 Å². The maximum atomic E-state index is 12.6. The van der Waals surface area contributed by atoms with Crippen LogP contribution in [0.15, 0.2) is 66.2 Å². The van der Waals surface area contributed by atoms with Gasteiger partial charge < -0.3 is 14.8 Å². The molecule has 1 amide bonds. The summed E-state index contributed by atoms with van der Waals surface area (Å²) in [4.78, 5) is 23.8. The van der Waals surface area contributed by atoms with Crippen molar-refractivity contribution >= 4 is 34.4 Å². The van der Waals surface area contributed by atoms with Gasteiger partial charge in [0.25, 0.3) is 5.91 Å². The lowest BCUT2D eigenvalue weighted by molar-refractivity contribution is -0.132. The molecule has 0 aliphatic heterocycles. The van der Waals surface area contributed by atoms with Gasteiger partial charge >= 0.3 is 5.97 Å². The second kappa shape index (κ2) is 9.39. The predicted molar refractivity (Wildman–Crippen MR) is 115 cm³/mol. The Morgan fingerprint density at radius 1 is 1.03 bits per heavy atom. The maximum absolute atomic E-state index is 12.6. The Kier molecular flexibility index (Phi) is 6.46. The first kappa shape index (κ1) is 20.6. The van der Waals surface area contributed by atoms with Gasteiger partial charge in [-0.15, -0.1) is 0 Å². The van der Waals surface area contributed by atoms with E-state index in [1.54, 1.807) is 31.2 Å². The molecular weight excluding hydrogens is 380 g/mol. The van der Waals surface area contributed by atoms with Crippen molar-refractivity contribution in [3.8, 4) is 17.6 Å². The molecule has 0 saturated carbocycles. The fourth-order valence-electron chi connectivity index (χ4n) is 2.90. The van der Waals surface area contributed by atoms with E-state index in [9.17, 15) is 14.9 Å². The van der Waals surface area contributed by atoms with E-state index in [0.717, 1.165) is 10.8 Å². The van der Waals surface area contributed by atoms with Crippen molar-refractivity contribution in [2.45, 2.75) is 13.8 Å². The van der Waals surface area contributed by atoms with Crippen LogP contribution in [0.25, 0.3) is 16.8 Å².